The summed E-state index contributed by atoms with van der Waals surface area (Å²) in [6.07, 6.45) is 4.53. The van der Waals surface area contributed by atoms with E-state index in [2.05, 4.69) is 11.9 Å². The molecule has 0 radical (unpaired) electrons. The van der Waals surface area contributed by atoms with Crippen LogP contribution in [0.5, 0.6) is 0 Å². The second kappa shape index (κ2) is 4.41. The van der Waals surface area contributed by atoms with Crippen LogP contribution in [0.25, 0.3) is 5.69 Å². The number of nitrogens with zero attached hydrogens (tertiary/aromatic N) is 2. The number of imidazole rings is 1. The van der Waals surface area contributed by atoms with E-state index in [1.165, 1.54) is 0 Å². The number of hydrogen-bond acceptors (Lipinski definition) is 2. The maximum absolute atomic E-state index is 7.65. The van der Waals surface area contributed by atoms with E-state index in [0.717, 1.165) is 29.1 Å². The molecule has 2 aromatic rings. The average molecular weight is 228 g/mol. The number of aromatic nitrogens is 2. The molecule has 88 valence electrons. The molecule has 1 aromatic heterocycles. The molecule has 0 fully saturated rings. The fourth-order valence-electron chi connectivity index (χ4n) is 2.00. The van der Waals surface area contributed by atoms with E-state index in [4.69, 9.17) is 11.1 Å². The number of benzene rings is 1. The summed E-state index contributed by atoms with van der Waals surface area (Å²) in [5.41, 5.74) is 8.42. The highest BCUT2D eigenvalue weighted by Crippen LogP contribution is 2.20. The summed E-state index contributed by atoms with van der Waals surface area (Å²) < 4.78 is 2.01. The van der Waals surface area contributed by atoms with E-state index in [9.17, 15) is 0 Å². The van der Waals surface area contributed by atoms with Crippen LogP contribution in [0.2, 0.25) is 0 Å². The average Bonchev–Trinajstić information content (AvgIpc) is 2.76. The number of nitrogens with one attached hydrogen (secondary N) is 1. The van der Waals surface area contributed by atoms with Gasteiger partial charge in [-0.05, 0) is 18.6 Å². The Morgan fingerprint density at radius 3 is 2.88 bits per heavy atom. The standard InChI is InChI=1S/C13H16N4/c1-3-11-16-7-8-17(11)12-9(2)5-4-6-10(12)13(14)15/h4-8H,3H2,1-2H3,(H3,14,15). The minimum Gasteiger partial charge on any atom is -0.384 e. The molecule has 4 heteroatoms. The molecular formula is C13H16N4. The Labute approximate surface area is 101 Å². The molecule has 4 nitrogen and oxygen atoms in total. The lowest BCUT2D eigenvalue weighted by atomic mass is 10.1. The van der Waals surface area contributed by atoms with E-state index in [0.29, 0.717) is 0 Å². The molecule has 0 bridgehead atoms. The lowest BCUT2D eigenvalue weighted by Crippen LogP contribution is -2.16. The second-order valence-corrected chi connectivity index (χ2v) is 3.95. The fraction of sp³-hybridized carbons (Fsp3) is 0.231. The van der Waals surface area contributed by atoms with Crippen LogP contribution in [0.15, 0.2) is 30.6 Å². The fourth-order valence-corrected chi connectivity index (χ4v) is 2.00. The first kappa shape index (κ1) is 11.4. The number of nitrogens with two attached hydrogens (primary N) is 1. The lowest BCUT2D eigenvalue weighted by molar-refractivity contribution is 0.884. The van der Waals surface area contributed by atoms with Gasteiger partial charge in [0.1, 0.15) is 11.7 Å². The Morgan fingerprint density at radius 1 is 1.47 bits per heavy atom. The van der Waals surface area contributed by atoms with Crippen molar-refractivity contribution in [1.82, 2.24) is 9.55 Å². The van der Waals surface area contributed by atoms with Gasteiger partial charge in [-0.3, -0.25) is 5.41 Å². The summed E-state index contributed by atoms with van der Waals surface area (Å²) in [6, 6.07) is 5.80. The molecule has 0 saturated heterocycles. The third-order valence-corrected chi connectivity index (χ3v) is 2.80. The first-order valence-electron chi connectivity index (χ1n) is 5.61. The largest absolute Gasteiger partial charge is 0.384 e. The van der Waals surface area contributed by atoms with Gasteiger partial charge in [0, 0.05) is 24.4 Å². The normalized spacial score (nSPS) is 10.5. The van der Waals surface area contributed by atoms with E-state index >= 15 is 0 Å². The van der Waals surface area contributed by atoms with Crippen LogP contribution in [0.4, 0.5) is 0 Å². The number of amidine groups is 1. The van der Waals surface area contributed by atoms with Crippen molar-refractivity contribution in [3.05, 3.63) is 47.5 Å². The number of aryl methyl sites for hydroxylation is 2. The highest BCUT2D eigenvalue weighted by atomic mass is 15.1. The van der Waals surface area contributed by atoms with Crippen LogP contribution in [0, 0.1) is 12.3 Å². The number of hydrogen-bond donors (Lipinski definition) is 2. The highest BCUT2D eigenvalue weighted by Gasteiger charge is 2.12. The van der Waals surface area contributed by atoms with Crippen LogP contribution >= 0.6 is 0 Å². The van der Waals surface area contributed by atoms with Gasteiger partial charge < -0.3 is 10.3 Å². The van der Waals surface area contributed by atoms with Gasteiger partial charge in [0.05, 0.1) is 5.69 Å². The minimum absolute atomic E-state index is 0.0828. The maximum Gasteiger partial charge on any atom is 0.124 e. The Balaban J connectivity index is 2.70. The van der Waals surface area contributed by atoms with Gasteiger partial charge >= 0.3 is 0 Å². The lowest BCUT2D eigenvalue weighted by Gasteiger charge is -2.14. The van der Waals surface area contributed by atoms with Crippen molar-refractivity contribution in [2.75, 3.05) is 0 Å². The molecule has 1 aromatic carbocycles. The van der Waals surface area contributed by atoms with Crippen molar-refractivity contribution in [2.45, 2.75) is 20.3 Å². The van der Waals surface area contributed by atoms with Crippen molar-refractivity contribution in [2.24, 2.45) is 5.73 Å². The molecule has 17 heavy (non-hydrogen) atoms. The summed E-state index contributed by atoms with van der Waals surface area (Å²) >= 11 is 0. The summed E-state index contributed by atoms with van der Waals surface area (Å²) in [5.74, 6) is 1.06. The third kappa shape index (κ3) is 1.93. The second-order valence-electron chi connectivity index (χ2n) is 3.95. The molecule has 0 amide bonds. The number of nitrogen functional groups attached to an aromatic ring is 1. The van der Waals surface area contributed by atoms with Crippen molar-refractivity contribution in [1.29, 1.82) is 5.41 Å². The zero-order valence-electron chi connectivity index (χ0n) is 10.1. The first-order valence-corrected chi connectivity index (χ1v) is 5.61. The van der Waals surface area contributed by atoms with Crippen molar-refractivity contribution in [3.63, 3.8) is 0 Å². The summed E-state index contributed by atoms with van der Waals surface area (Å²) in [6.45, 7) is 4.08. The van der Waals surface area contributed by atoms with E-state index in [1.807, 2.05) is 35.9 Å². The summed E-state index contributed by atoms with van der Waals surface area (Å²) in [5, 5.41) is 7.65. The first-order chi connectivity index (χ1) is 8.15. The van der Waals surface area contributed by atoms with Gasteiger partial charge in [0.15, 0.2) is 0 Å². The smallest absolute Gasteiger partial charge is 0.124 e. The van der Waals surface area contributed by atoms with Gasteiger partial charge in [-0.1, -0.05) is 19.1 Å². The molecule has 0 aliphatic carbocycles. The van der Waals surface area contributed by atoms with Crippen molar-refractivity contribution < 1.29 is 0 Å². The van der Waals surface area contributed by atoms with Gasteiger partial charge in [0.25, 0.3) is 0 Å². The molecule has 0 aliphatic heterocycles. The zero-order valence-corrected chi connectivity index (χ0v) is 10.1. The van der Waals surface area contributed by atoms with E-state index in [-0.39, 0.29) is 5.84 Å². The highest BCUT2D eigenvalue weighted by molar-refractivity contribution is 5.99. The minimum atomic E-state index is 0.0828. The van der Waals surface area contributed by atoms with Crippen LogP contribution in [-0.2, 0) is 6.42 Å². The van der Waals surface area contributed by atoms with Crippen LogP contribution in [-0.4, -0.2) is 15.4 Å². The third-order valence-electron chi connectivity index (χ3n) is 2.80. The predicted molar refractivity (Wildman–Crippen MR) is 68.7 cm³/mol. The molecule has 1 heterocycles. The quantitative estimate of drug-likeness (QED) is 0.623. The van der Waals surface area contributed by atoms with Crippen LogP contribution in [0.1, 0.15) is 23.9 Å². The molecular weight excluding hydrogens is 212 g/mol. The molecule has 0 saturated carbocycles. The molecule has 0 atom stereocenters. The van der Waals surface area contributed by atoms with Gasteiger partial charge in [-0.25, -0.2) is 4.98 Å². The van der Waals surface area contributed by atoms with Crippen molar-refractivity contribution >= 4 is 5.84 Å². The number of rotatable bonds is 3. The monoisotopic (exact) mass is 228 g/mol. The van der Waals surface area contributed by atoms with Crippen LogP contribution in [0.3, 0.4) is 0 Å². The SMILES string of the molecule is CCc1nccn1-c1c(C)cccc1C(=N)N. The van der Waals surface area contributed by atoms with Crippen LogP contribution < -0.4 is 5.73 Å². The topological polar surface area (TPSA) is 67.7 Å². The molecule has 3 N–H and O–H groups in total. The Bertz CT molecular complexity index is 554. The molecule has 2 rings (SSSR count). The van der Waals surface area contributed by atoms with Crippen molar-refractivity contribution in [3.8, 4) is 5.69 Å². The van der Waals surface area contributed by atoms with Gasteiger partial charge in [-0.2, -0.15) is 0 Å². The van der Waals surface area contributed by atoms with E-state index in [1.54, 1.807) is 6.20 Å². The number of para-hydroxylation sites is 1. The predicted octanol–water partition coefficient (Wildman–Crippen LogP) is 2.03. The maximum atomic E-state index is 7.65. The molecule has 0 aliphatic rings. The Hall–Kier alpha value is -2.10. The molecule has 0 unspecified atom stereocenters. The molecule has 0 spiro atoms. The van der Waals surface area contributed by atoms with Gasteiger partial charge in [-0.15, -0.1) is 0 Å². The van der Waals surface area contributed by atoms with Gasteiger partial charge in [0.2, 0.25) is 0 Å². The Morgan fingerprint density at radius 2 is 2.24 bits per heavy atom. The Kier molecular flexibility index (Phi) is 2.95. The summed E-state index contributed by atoms with van der Waals surface area (Å²) in [4.78, 5) is 4.30. The summed E-state index contributed by atoms with van der Waals surface area (Å²) in [7, 11) is 0. The zero-order chi connectivity index (χ0) is 12.4. The van der Waals surface area contributed by atoms with E-state index < -0.39 is 0 Å².